The van der Waals surface area contributed by atoms with Crippen molar-refractivity contribution in [3.05, 3.63) is 59.7 Å². The molecule has 0 amide bonds. The van der Waals surface area contributed by atoms with E-state index in [-0.39, 0.29) is 0 Å². The maximum atomic E-state index is 10.4. The standard InChI is InChI=1S/C23H32N2O4/c1-24(18-21(26)20-6-4-3-5-7-20)17-19-8-9-22(23(16-19)27-2)29-15-12-25-10-13-28-14-11-25/h3-9,16,21,26H,10-15,17-18H2,1-2H3/t21-/m0/s1. The minimum atomic E-state index is -0.508. The molecule has 2 aromatic carbocycles. The lowest BCUT2D eigenvalue weighted by Crippen LogP contribution is -2.38. The second-order valence-corrected chi connectivity index (χ2v) is 7.41. The SMILES string of the molecule is COc1cc(CN(C)C[C@H](O)c2ccccc2)ccc1OCCN1CCOCC1. The van der Waals surface area contributed by atoms with Crippen LogP contribution in [0.2, 0.25) is 0 Å². The van der Waals surface area contributed by atoms with E-state index in [0.29, 0.717) is 19.7 Å². The Morgan fingerprint density at radius 1 is 1.10 bits per heavy atom. The van der Waals surface area contributed by atoms with E-state index < -0.39 is 6.10 Å². The second kappa shape index (κ2) is 11.2. The van der Waals surface area contributed by atoms with Gasteiger partial charge in [0.05, 0.1) is 26.4 Å². The second-order valence-electron chi connectivity index (χ2n) is 7.41. The Hall–Kier alpha value is -2.12. The third-order valence-corrected chi connectivity index (χ3v) is 5.12. The van der Waals surface area contributed by atoms with E-state index in [1.165, 1.54) is 0 Å². The highest BCUT2D eigenvalue weighted by molar-refractivity contribution is 5.43. The Kier molecular flexibility index (Phi) is 8.31. The van der Waals surface area contributed by atoms with Crippen molar-refractivity contribution in [1.82, 2.24) is 9.80 Å². The van der Waals surface area contributed by atoms with Gasteiger partial charge in [-0.1, -0.05) is 36.4 Å². The molecule has 0 saturated carbocycles. The van der Waals surface area contributed by atoms with Gasteiger partial charge in [0.1, 0.15) is 6.61 Å². The summed E-state index contributed by atoms with van der Waals surface area (Å²) in [6.45, 7) is 6.29. The van der Waals surface area contributed by atoms with Gasteiger partial charge in [-0.15, -0.1) is 0 Å². The summed E-state index contributed by atoms with van der Waals surface area (Å²) in [6, 6.07) is 15.8. The molecule has 0 bridgehead atoms. The molecule has 1 aliphatic rings. The first-order valence-electron chi connectivity index (χ1n) is 10.2. The van der Waals surface area contributed by atoms with Gasteiger partial charge < -0.3 is 19.3 Å². The Balaban J connectivity index is 1.50. The molecule has 3 rings (SSSR count). The smallest absolute Gasteiger partial charge is 0.161 e. The van der Waals surface area contributed by atoms with E-state index in [9.17, 15) is 5.11 Å². The van der Waals surface area contributed by atoms with Crippen molar-refractivity contribution in [3.8, 4) is 11.5 Å². The molecule has 0 unspecified atom stereocenters. The number of morpholine rings is 1. The molecule has 1 N–H and O–H groups in total. The molecule has 1 saturated heterocycles. The van der Waals surface area contributed by atoms with E-state index >= 15 is 0 Å². The van der Waals surface area contributed by atoms with Gasteiger partial charge in [-0.3, -0.25) is 9.80 Å². The molecule has 0 radical (unpaired) electrons. The molecular formula is C23H32N2O4. The van der Waals surface area contributed by atoms with Crippen molar-refractivity contribution in [2.45, 2.75) is 12.6 Å². The lowest BCUT2D eigenvalue weighted by molar-refractivity contribution is 0.0321. The Morgan fingerprint density at radius 2 is 1.86 bits per heavy atom. The van der Waals surface area contributed by atoms with Crippen molar-refractivity contribution >= 4 is 0 Å². The van der Waals surface area contributed by atoms with Gasteiger partial charge in [0.25, 0.3) is 0 Å². The van der Waals surface area contributed by atoms with Gasteiger partial charge in [0.2, 0.25) is 0 Å². The number of aliphatic hydroxyl groups is 1. The van der Waals surface area contributed by atoms with Crippen LogP contribution >= 0.6 is 0 Å². The molecule has 6 heteroatoms. The number of ether oxygens (including phenoxy) is 3. The fourth-order valence-corrected chi connectivity index (χ4v) is 3.49. The summed E-state index contributed by atoms with van der Waals surface area (Å²) in [7, 11) is 3.67. The number of benzene rings is 2. The number of likely N-dealkylation sites (N-methyl/N-ethyl adjacent to an activating group) is 1. The van der Waals surface area contributed by atoms with Crippen molar-refractivity contribution in [1.29, 1.82) is 0 Å². The minimum Gasteiger partial charge on any atom is -0.493 e. The summed E-state index contributed by atoms with van der Waals surface area (Å²) in [5, 5.41) is 10.4. The first-order chi connectivity index (χ1) is 14.2. The van der Waals surface area contributed by atoms with Gasteiger partial charge >= 0.3 is 0 Å². The summed E-state index contributed by atoms with van der Waals surface area (Å²) < 4.78 is 16.9. The van der Waals surface area contributed by atoms with Crippen LogP contribution in [0.3, 0.4) is 0 Å². The van der Waals surface area contributed by atoms with Gasteiger partial charge in [-0.05, 0) is 30.3 Å². The first kappa shape index (κ1) is 21.6. The fourth-order valence-electron chi connectivity index (χ4n) is 3.49. The minimum absolute atomic E-state index is 0.508. The van der Waals surface area contributed by atoms with Crippen LogP contribution in [-0.4, -0.2) is 75.1 Å². The largest absolute Gasteiger partial charge is 0.493 e. The van der Waals surface area contributed by atoms with Gasteiger partial charge in [0, 0.05) is 32.7 Å². The average molecular weight is 401 g/mol. The summed E-state index contributed by atoms with van der Waals surface area (Å²) in [4.78, 5) is 4.45. The highest BCUT2D eigenvalue weighted by Gasteiger charge is 2.13. The van der Waals surface area contributed by atoms with Crippen LogP contribution in [0.5, 0.6) is 11.5 Å². The molecule has 6 nitrogen and oxygen atoms in total. The van der Waals surface area contributed by atoms with Crippen LogP contribution in [0.1, 0.15) is 17.2 Å². The predicted molar refractivity (Wildman–Crippen MR) is 113 cm³/mol. The fraction of sp³-hybridized carbons (Fsp3) is 0.478. The lowest BCUT2D eigenvalue weighted by atomic mass is 10.1. The molecule has 29 heavy (non-hydrogen) atoms. The van der Waals surface area contributed by atoms with Crippen LogP contribution in [0.15, 0.2) is 48.5 Å². The van der Waals surface area contributed by atoms with Gasteiger partial charge in [0.15, 0.2) is 11.5 Å². The number of aliphatic hydroxyl groups excluding tert-OH is 1. The molecule has 1 atom stereocenters. The van der Waals surface area contributed by atoms with Crippen LogP contribution in [0.25, 0.3) is 0 Å². The predicted octanol–water partition coefficient (Wildman–Crippen LogP) is 2.57. The van der Waals surface area contributed by atoms with Gasteiger partial charge in [-0.25, -0.2) is 0 Å². The molecule has 2 aromatic rings. The monoisotopic (exact) mass is 400 g/mol. The van der Waals surface area contributed by atoms with E-state index in [1.54, 1.807) is 7.11 Å². The maximum absolute atomic E-state index is 10.4. The molecule has 1 aliphatic heterocycles. The van der Waals surface area contributed by atoms with Crippen molar-refractivity contribution in [2.75, 3.05) is 60.2 Å². The van der Waals surface area contributed by atoms with E-state index in [2.05, 4.69) is 15.9 Å². The highest BCUT2D eigenvalue weighted by atomic mass is 16.5. The highest BCUT2D eigenvalue weighted by Crippen LogP contribution is 2.28. The van der Waals surface area contributed by atoms with E-state index in [4.69, 9.17) is 14.2 Å². The number of hydrogen-bond acceptors (Lipinski definition) is 6. The van der Waals surface area contributed by atoms with Gasteiger partial charge in [-0.2, -0.15) is 0 Å². The summed E-state index contributed by atoms with van der Waals surface area (Å²) in [6.07, 6.45) is -0.508. The number of rotatable bonds is 10. The molecule has 158 valence electrons. The van der Waals surface area contributed by atoms with Crippen LogP contribution < -0.4 is 9.47 Å². The third-order valence-electron chi connectivity index (χ3n) is 5.12. The van der Waals surface area contributed by atoms with Crippen LogP contribution in [0.4, 0.5) is 0 Å². The molecule has 1 heterocycles. The maximum Gasteiger partial charge on any atom is 0.161 e. The molecule has 0 spiro atoms. The molecule has 0 aliphatic carbocycles. The van der Waals surface area contributed by atoms with E-state index in [0.717, 1.165) is 55.5 Å². The number of methoxy groups -OCH3 is 1. The van der Waals surface area contributed by atoms with E-state index in [1.807, 2.05) is 49.5 Å². The summed E-state index contributed by atoms with van der Waals surface area (Å²) in [5.41, 5.74) is 2.05. The van der Waals surface area contributed by atoms with Crippen molar-refractivity contribution < 1.29 is 19.3 Å². The first-order valence-corrected chi connectivity index (χ1v) is 10.2. The summed E-state index contributed by atoms with van der Waals surface area (Å²) >= 11 is 0. The third kappa shape index (κ3) is 6.72. The zero-order chi connectivity index (χ0) is 20.5. The Labute approximate surface area is 173 Å². The molecule has 1 fully saturated rings. The molecule has 0 aromatic heterocycles. The quantitative estimate of drug-likeness (QED) is 0.662. The Morgan fingerprint density at radius 3 is 2.59 bits per heavy atom. The lowest BCUT2D eigenvalue weighted by Gasteiger charge is -2.26. The number of hydrogen-bond donors (Lipinski definition) is 1. The van der Waals surface area contributed by atoms with Crippen molar-refractivity contribution in [3.63, 3.8) is 0 Å². The normalized spacial score (nSPS) is 16.0. The average Bonchev–Trinajstić information content (AvgIpc) is 2.76. The van der Waals surface area contributed by atoms with Crippen molar-refractivity contribution in [2.24, 2.45) is 0 Å². The topological polar surface area (TPSA) is 54.4 Å². The molecular weight excluding hydrogens is 368 g/mol. The van der Waals surface area contributed by atoms with Crippen LogP contribution in [-0.2, 0) is 11.3 Å². The van der Waals surface area contributed by atoms with Crippen LogP contribution in [0, 0.1) is 0 Å². The Bertz CT molecular complexity index is 735. The zero-order valence-corrected chi connectivity index (χ0v) is 17.4. The number of nitrogens with zero attached hydrogens (tertiary/aromatic N) is 2. The zero-order valence-electron chi connectivity index (χ0n) is 17.4. The summed E-state index contributed by atoms with van der Waals surface area (Å²) in [5.74, 6) is 1.50.